The van der Waals surface area contributed by atoms with Crippen LogP contribution in [0.15, 0.2) is 18.2 Å². The molecule has 1 amide bonds. The molecule has 22 heavy (non-hydrogen) atoms. The Bertz CT molecular complexity index is 576. The summed E-state index contributed by atoms with van der Waals surface area (Å²) in [4.78, 5) is 25.2. The second kappa shape index (κ2) is 6.25. The van der Waals surface area contributed by atoms with E-state index in [1.54, 1.807) is 23.1 Å². The number of amides is 1. The molecule has 0 bridgehead atoms. The predicted molar refractivity (Wildman–Crippen MR) is 80.3 cm³/mol. The van der Waals surface area contributed by atoms with Crippen LogP contribution in [0.1, 0.15) is 25.3 Å². The lowest BCUT2D eigenvalue weighted by Gasteiger charge is -2.39. The Hall–Kier alpha value is -2.24. The number of benzene rings is 1. The van der Waals surface area contributed by atoms with Crippen LogP contribution in [0, 0.1) is 0 Å². The summed E-state index contributed by atoms with van der Waals surface area (Å²) in [5.74, 6) is 0.184. The van der Waals surface area contributed by atoms with Crippen molar-refractivity contribution in [1.29, 1.82) is 0 Å². The molecule has 120 valence electrons. The van der Waals surface area contributed by atoms with Crippen molar-refractivity contribution < 1.29 is 24.2 Å². The molecule has 1 aliphatic heterocycles. The summed E-state index contributed by atoms with van der Waals surface area (Å²) in [5.41, 5.74) is -0.462. The van der Waals surface area contributed by atoms with E-state index in [9.17, 15) is 14.7 Å². The molecule has 1 aromatic carbocycles. The second-order valence-corrected chi connectivity index (χ2v) is 5.46. The average molecular weight is 307 g/mol. The highest BCUT2D eigenvalue weighted by molar-refractivity contribution is 5.83. The third-order valence-corrected chi connectivity index (χ3v) is 4.39. The van der Waals surface area contributed by atoms with Crippen LogP contribution in [0.3, 0.4) is 0 Å². The van der Waals surface area contributed by atoms with Crippen LogP contribution in [0.25, 0.3) is 0 Å². The minimum absolute atomic E-state index is 0.0309. The van der Waals surface area contributed by atoms with Crippen molar-refractivity contribution in [3.8, 4) is 11.5 Å². The average Bonchev–Trinajstić information content (AvgIpc) is 2.53. The van der Waals surface area contributed by atoms with Crippen molar-refractivity contribution in [1.82, 2.24) is 4.90 Å². The number of carbonyl (C=O) groups is 2. The molecule has 0 unspecified atom stereocenters. The van der Waals surface area contributed by atoms with Crippen LogP contribution in [-0.2, 0) is 15.0 Å². The van der Waals surface area contributed by atoms with Gasteiger partial charge in [-0.1, -0.05) is 0 Å². The van der Waals surface area contributed by atoms with Crippen molar-refractivity contribution in [2.75, 3.05) is 27.3 Å². The van der Waals surface area contributed by atoms with Crippen LogP contribution in [0.2, 0.25) is 0 Å². The highest BCUT2D eigenvalue weighted by atomic mass is 16.5. The maximum atomic E-state index is 12.0. The van der Waals surface area contributed by atoms with E-state index in [1.165, 1.54) is 21.1 Å². The normalized spacial score (nSPS) is 17.0. The molecule has 0 radical (unpaired) electrons. The fourth-order valence-electron chi connectivity index (χ4n) is 2.99. The van der Waals surface area contributed by atoms with E-state index in [1.807, 2.05) is 0 Å². The van der Waals surface area contributed by atoms with Crippen LogP contribution in [0.4, 0.5) is 0 Å². The number of carboxylic acid groups (broad SMARTS) is 1. The zero-order valence-electron chi connectivity index (χ0n) is 13.1. The van der Waals surface area contributed by atoms with E-state index in [2.05, 4.69) is 0 Å². The van der Waals surface area contributed by atoms with Gasteiger partial charge in [-0.25, -0.2) is 0 Å². The molecule has 6 heteroatoms. The molecule has 0 aliphatic carbocycles. The molecule has 6 nitrogen and oxygen atoms in total. The molecule has 0 spiro atoms. The minimum atomic E-state index is -1.06. The molecule has 1 saturated heterocycles. The topological polar surface area (TPSA) is 76.1 Å². The zero-order chi connectivity index (χ0) is 16.3. The van der Waals surface area contributed by atoms with Crippen molar-refractivity contribution in [3.63, 3.8) is 0 Å². The van der Waals surface area contributed by atoms with Gasteiger partial charge in [0.2, 0.25) is 5.91 Å². The first-order valence-corrected chi connectivity index (χ1v) is 7.16. The lowest BCUT2D eigenvalue weighted by molar-refractivity contribution is -0.148. The lowest BCUT2D eigenvalue weighted by Crippen LogP contribution is -2.48. The van der Waals surface area contributed by atoms with E-state index >= 15 is 0 Å². The molecule has 0 saturated carbocycles. The summed E-state index contributed by atoms with van der Waals surface area (Å²) in [6.07, 6.45) is 0.705. The fourth-order valence-corrected chi connectivity index (χ4v) is 2.99. The number of piperidine rings is 1. The predicted octanol–water partition coefficient (Wildman–Crippen LogP) is 1.67. The van der Waals surface area contributed by atoms with E-state index in [0.717, 1.165) is 0 Å². The molecule has 2 rings (SSSR count). The standard InChI is InChI=1S/C16H21NO5/c1-11(18)17-8-6-16(7-9-17,15(19)20)13-10-12(21-2)4-5-14(13)22-3/h4-5,10H,6-9H2,1-3H3,(H,19,20). The number of nitrogens with zero attached hydrogens (tertiary/aromatic N) is 1. The number of carbonyl (C=O) groups excluding carboxylic acids is 1. The van der Waals surface area contributed by atoms with Gasteiger partial charge in [0.25, 0.3) is 0 Å². The maximum Gasteiger partial charge on any atom is 0.314 e. The Morgan fingerprint density at radius 3 is 2.27 bits per heavy atom. The zero-order valence-corrected chi connectivity index (χ0v) is 13.1. The van der Waals surface area contributed by atoms with Gasteiger partial charge in [0.05, 0.1) is 19.6 Å². The van der Waals surface area contributed by atoms with E-state index in [4.69, 9.17) is 9.47 Å². The first-order chi connectivity index (χ1) is 10.4. The lowest BCUT2D eigenvalue weighted by atomic mass is 9.72. The van der Waals surface area contributed by atoms with Gasteiger partial charge in [0.15, 0.2) is 0 Å². The molecule has 1 aromatic rings. The molecule has 0 atom stereocenters. The number of likely N-dealkylation sites (tertiary alicyclic amines) is 1. The Morgan fingerprint density at radius 1 is 1.18 bits per heavy atom. The van der Waals surface area contributed by atoms with E-state index in [0.29, 0.717) is 43.0 Å². The Morgan fingerprint density at radius 2 is 1.82 bits per heavy atom. The van der Waals surface area contributed by atoms with Gasteiger partial charge in [-0.2, -0.15) is 0 Å². The van der Waals surface area contributed by atoms with E-state index < -0.39 is 11.4 Å². The number of hydrogen-bond acceptors (Lipinski definition) is 4. The summed E-state index contributed by atoms with van der Waals surface area (Å²) < 4.78 is 10.6. The van der Waals surface area contributed by atoms with Gasteiger partial charge < -0.3 is 19.5 Å². The Balaban J connectivity index is 2.45. The van der Waals surface area contributed by atoms with Gasteiger partial charge in [-0.05, 0) is 31.0 Å². The smallest absolute Gasteiger partial charge is 0.314 e. The van der Waals surface area contributed by atoms with Crippen molar-refractivity contribution >= 4 is 11.9 Å². The van der Waals surface area contributed by atoms with Gasteiger partial charge in [0, 0.05) is 25.6 Å². The number of aliphatic carboxylic acids is 1. The van der Waals surface area contributed by atoms with E-state index in [-0.39, 0.29) is 5.91 Å². The summed E-state index contributed by atoms with van der Waals surface area (Å²) in [5, 5.41) is 9.85. The Labute approximate surface area is 129 Å². The molecular weight excluding hydrogens is 286 g/mol. The monoisotopic (exact) mass is 307 g/mol. The molecule has 1 N–H and O–H groups in total. The first kappa shape index (κ1) is 16.1. The molecule has 1 heterocycles. The number of hydrogen-bond donors (Lipinski definition) is 1. The van der Waals surface area contributed by atoms with Gasteiger partial charge >= 0.3 is 5.97 Å². The number of methoxy groups -OCH3 is 2. The van der Waals surface area contributed by atoms with Crippen molar-refractivity contribution in [2.45, 2.75) is 25.2 Å². The minimum Gasteiger partial charge on any atom is -0.497 e. The molecule has 1 fully saturated rings. The number of rotatable bonds is 4. The fraction of sp³-hybridized carbons (Fsp3) is 0.500. The third kappa shape index (κ3) is 2.73. The third-order valence-electron chi connectivity index (χ3n) is 4.39. The SMILES string of the molecule is COc1ccc(OC)c(C2(C(=O)O)CCN(C(C)=O)CC2)c1. The Kier molecular flexibility index (Phi) is 4.59. The van der Waals surface area contributed by atoms with Crippen LogP contribution >= 0.6 is 0 Å². The van der Waals surface area contributed by atoms with Crippen LogP contribution < -0.4 is 9.47 Å². The largest absolute Gasteiger partial charge is 0.497 e. The molecular formula is C16H21NO5. The maximum absolute atomic E-state index is 12.0. The highest BCUT2D eigenvalue weighted by Gasteiger charge is 2.45. The van der Waals surface area contributed by atoms with Crippen molar-refractivity contribution in [3.05, 3.63) is 23.8 Å². The summed E-state index contributed by atoms with van der Waals surface area (Å²) in [6, 6.07) is 5.18. The second-order valence-electron chi connectivity index (χ2n) is 5.46. The van der Waals surface area contributed by atoms with Gasteiger partial charge in [0.1, 0.15) is 11.5 Å². The van der Waals surface area contributed by atoms with Crippen molar-refractivity contribution in [2.24, 2.45) is 0 Å². The van der Waals surface area contributed by atoms with Crippen LogP contribution in [0.5, 0.6) is 11.5 Å². The molecule has 1 aliphatic rings. The quantitative estimate of drug-likeness (QED) is 0.915. The van der Waals surface area contributed by atoms with Gasteiger partial charge in [-0.15, -0.1) is 0 Å². The number of ether oxygens (including phenoxy) is 2. The molecule has 0 aromatic heterocycles. The summed E-state index contributed by atoms with van der Waals surface area (Å²) >= 11 is 0. The highest BCUT2D eigenvalue weighted by Crippen LogP contribution is 2.42. The summed E-state index contributed by atoms with van der Waals surface area (Å²) in [6.45, 7) is 2.34. The van der Waals surface area contributed by atoms with Crippen LogP contribution in [-0.4, -0.2) is 49.2 Å². The number of carboxylic acids is 1. The summed E-state index contributed by atoms with van der Waals surface area (Å²) in [7, 11) is 3.06. The van der Waals surface area contributed by atoms with Gasteiger partial charge in [-0.3, -0.25) is 9.59 Å². The first-order valence-electron chi connectivity index (χ1n) is 7.16.